The molecule has 6 N–H and O–H groups in total. The van der Waals surface area contributed by atoms with Crippen LogP contribution in [-0.4, -0.2) is 13.1 Å². The summed E-state index contributed by atoms with van der Waals surface area (Å²) in [6.07, 6.45) is 1.28. The van der Waals surface area contributed by atoms with Gasteiger partial charge in [0.25, 0.3) is 0 Å². The third-order valence-corrected chi connectivity index (χ3v) is 6.62. The summed E-state index contributed by atoms with van der Waals surface area (Å²) in [5.74, 6) is 4.71. The van der Waals surface area contributed by atoms with Crippen molar-refractivity contribution < 1.29 is 9.47 Å². The maximum absolute atomic E-state index is 5.87. The van der Waals surface area contributed by atoms with Crippen molar-refractivity contribution in [1.82, 2.24) is 10.6 Å². The Morgan fingerprint density at radius 1 is 0.514 bits per heavy atom. The van der Waals surface area contributed by atoms with Gasteiger partial charge in [0.1, 0.15) is 23.0 Å². The minimum atomic E-state index is 0.731. The number of nitrogens with one attached hydrogen (secondary N) is 2. The summed E-state index contributed by atoms with van der Waals surface area (Å²) in [5.41, 5.74) is 15.4. The molecule has 6 heteroatoms. The number of nitrogen functional groups attached to an aromatic ring is 2. The van der Waals surface area contributed by atoms with E-state index in [1.54, 1.807) is 0 Å². The second-order valence-electron chi connectivity index (χ2n) is 9.65. The van der Waals surface area contributed by atoms with Crippen LogP contribution >= 0.6 is 0 Å². The molecule has 4 aromatic carbocycles. The monoisotopic (exact) mass is 494 g/mol. The quantitative estimate of drug-likeness (QED) is 0.182. The number of nitrogens with two attached hydrogens (primary N) is 2. The van der Waals surface area contributed by atoms with Gasteiger partial charge in [-0.2, -0.15) is 0 Å². The molecule has 0 saturated heterocycles. The fourth-order valence-corrected chi connectivity index (χ4v) is 4.31. The molecular formula is C31H34N4O2. The molecule has 1 aliphatic carbocycles. The van der Waals surface area contributed by atoms with E-state index in [0.29, 0.717) is 0 Å². The van der Waals surface area contributed by atoms with E-state index in [4.69, 9.17) is 20.9 Å². The lowest BCUT2D eigenvalue weighted by Crippen LogP contribution is -2.20. The van der Waals surface area contributed by atoms with Gasteiger partial charge in [-0.1, -0.05) is 24.3 Å². The lowest BCUT2D eigenvalue weighted by Gasteiger charge is -2.09. The van der Waals surface area contributed by atoms with E-state index in [-0.39, 0.29) is 0 Å². The Morgan fingerprint density at radius 3 is 1.19 bits per heavy atom. The van der Waals surface area contributed by atoms with Crippen LogP contribution in [0.3, 0.4) is 0 Å². The van der Waals surface area contributed by atoms with Crippen molar-refractivity contribution >= 4 is 11.4 Å². The van der Waals surface area contributed by atoms with Crippen molar-refractivity contribution in [2.24, 2.45) is 11.8 Å². The van der Waals surface area contributed by atoms with Crippen LogP contribution in [0.25, 0.3) is 0 Å². The van der Waals surface area contributed by atoms with Crippen LogP contribution in [0.15, 0.2) is 97.1 Å². The van der Waals surface area contributed by atoms with Gasteiger partial charge in [0.05, 0.1) is 0 Å². The smallest absolute Gasteiger partial charge is 0.127 e. The van der Waals surface area contributed by atoms with Gasteiger partial charge in [0.15, 0.2) is 0 Å². The minimum Gasteiger partial charge on any atom is -0.457 e. The van der Waals surface area contributed by atoms with Crippen molar-refractivity contribution in [1.29, 1.82) is 0 Å². The zero-order valence-corrected chi connectivity index (χ0v) is 20.9. The first-order chi connectivity index (χ1) is 18.1. The minimum absolute atomic E-state index is 0.731. The molecule has 0 aliphatic heterocycles. The average molecular weight is 495 g/mol. The normalized spacial score (nSPS) is 16.3. The van der Waals surface area contributed by atoms with Crippen LogP contribution in [-0.2, 0) is 13.1 Å². The first-order valence-corrected chi connectivity index (χ1v) is 12.8. The lowest BCUT2D eigenvalue weighted by atomic mass is 10.2. The third kappa shape index (κ3) is 7.49. The molecule has 1 aliphatic rings. The second-order valence-corrected chi connectivity index (χ2v) is 9.65. The van der Waals surface area contributed by atoms with Gasteiger partial charge in [0, 0.05) is 24.5 Å². The van der Waals surface area contributed by atoms with Crippen LogP contribution in [0, 0.1) is 11.8 Å². The third-order valence-electron chi connectivity index (χ3n) is 6.62. The zero-order valence-electron chi connectivity index (χ0n) is 20.9. The highest BCUT2D eigenvalue weighted by atomic mass is 16.5. The molecule has 0 radical (unpaired) electrons. The summed E-state index contributed by atoms with van der Waals surface area (Å²) in [4.78, 5) is 0. The lowest BCUT2D eigenvalue weighted by molar-refractivity contribution is 0.482. The molecule has 6 nitrogen and oxygen atoms in total. The Hall–Kier alpha value is -4.00. The molecule has 37 heavy (non-hydrogen) atoms. The predicted octanol–water partition coefficient (Wildman–Crippen LogP) is 5.95. The summed E-state index contributed by atoms with van der Waals surface area (Å²) in [5, 5.41) is 7.21. The van der Waals surface area contributed by atoms with Crippen LogP contribution in [0.2, 0.25) is 0 Å². The highest BCUT2D eigenvalue weighted by molar-refractivity contribution is 5.44. The topological polar surface area (TPSA) is 94.6 Å². The molecule has 5 rings (SSSR count). The Labute approximate surface area is 218 Å². The van der Waals surface area contributed by atoms with Crippen molar-refractivity contribution in [3.8, 4) is 23.0 Å². The largest absolute Gasteiger partial charge is 0.457 e. The van der Waals surface area contributed by atoms with E-state index >= 15 is 0 Å². The molecule has 1 fully saturated rings. The molecule has 2 atom stereocenters. The molecule has 2 unspecified atom stereocenters. The highest BCUT2D eigenvalue weighted by Crippen LogP contribution is 2.37. The van der Waals surface area contributed by atoms with Gasteiger partial charge < -0.3 is 31.6 Å². The highest BCUT2D eigenvalue weighted by Gasteiger charge is 2.35. The molecule has 0 amide bonds. The first kappa shape index (κ1) is 24.7. The number of hydrogen-bond acceptors (Lipinski definition) is 6. The van der Waals surface area contributed by atoms with Gasteiger partial charge >= 0.3 is 0 Å². The van der Waals surface area contributed by atoms with Crippen molar-refractivity contribution in [3.05, 3.63) is 108 Å². The van der Waals surface area contributed by atoms with E-state index in [2.05, 4.69) is 34.9 Å². The van der Waals surface area contributed by atoms with E-state index in [1.165, 1.54) is 17.5 Å². The van der Waals surface area contributed by atoms with E-state index in [1.807, 2.05) is 72.8 Å². The summed E-state index contributed by atoms with van der Waals surface area (Å²) >= 11 is 0. The molecule has 4 aromatic rings. The number of anilines is 2. The van der Waals surface area contributed by atoms with E-state index in [0.717, 1.165) is 72.4 Å². The van der Waals surface area contributed by atoms with Crippen molar-refractivity contribution in [3.63, 3.8) is 0 Å². The standard InChI is InChI=1S/C31H34N4O2/c32-26-5-13-30(14-6-26)36-28-9-1-22(2-10-28)18-34-20-24-17-25(24)21-35-19-23-3-11-29(12-4-23)37-31-15-7-27(33)8-16-31/h1-16,24-25,34-35H,17-21,32-33H2. The Kier molecular flexibility index (Phi) is 7.89. The number of ether oxygens (including phenoxy) is 2. The SMILES string of the molecule is Nc1ccc(Oc2ccc(CNCC3CC3CNCc3ccc(Oc4ccc(N)cc4)cc3)cc2)cc1. The second kappa shape index (κ2) is 11.8. The molecule has 190 valence electrons. The molecular weight excluding hydrogens is 460 g/mol. The van der Waals surface area contributed by atoms with Crippen LogP contribution in [0.1, 0.15) is 17.5 Å². The van der Waals surface area contributed by atoms with Gasteiger partial charge in [0.2, 0.25) is 0 Å². The maximum atomic E-state index is 5.87. The van der Waals surface area contributed by atoms with Crippen LogP contribution in [0.4, 0.5) is 11.4 Å². The van der Waals surface area contributed by atoms with E-state index < -0.39 is 0 Å². The number of hydrogen-bond donors (Lipinski definition) is 4. The van der Waals surface area contributed by atoms with Gasteiger partial charge in [-0.05, 0) is 115 Å². The van der Waals surface area contributed by atoms with Gasteiger partial charge in [-0.15, -0.1) is 0 Å². The Balaban J connectivity index is 0.957. The fourth-order valence-electron chi connectivity index (χ4n) is 4.31. The number of benzene rings is 4. The average Bonchev–Trinajstić information content (AvgIpc) is 3.67. The molecule has 0 aromatic heterocycles. The molecule has 0 bridgehead atoms. The number of rotatable bonds is 12. The molecule has 1 saturated carbocycles. The zero-order chi connectivity index (χ0) is 25.5. The molecule has 0 spiro atoms. The Bertz CT molecular complexity index is 1160. The molecule has 0 heterocycles. The van der Waals surface area contributed by atoms with Crippen LogP contribution < -0.4 is 31.6 Å². The van der Waals surface area contributed by atoms with Crippen molar-refractivity contribution in [2.75, 3.05) is 24.6 Å². The maximum Gasteiger partial charge on any atom is 0.127 e. The predicted molar refractivity (Wildman–Crippen MR) is 150 cm³/mol. The Morgan fingerprint density at radius 2 is 0.838 bits per heavy atom. The summed E-state index contributed by atoms with van der Waals surface area (Å²) in [6, 6.07) is 31.3. The summed E-state index contributed by atoms with van der Waals surface area (Å²) in [6.45, 7) is 3.83. The fraction of sp³-hybridized carbons (Fsp3) is 0.226. The van der Waals surface area contributed by atoms with Gasteiger partial charge in [-0.3, -0.25) is 0 Å². The first-order valence-electron chi connectivity index (χ1n) is 12.8. The summed E-state index contributed by atoms with van der Waals surface area (Å²) in [7, 11) is 0. The summed E-state index contributed by atoms with van der Waals surface area (Å²) < 4.78 is 11.7. The van der Waals surface area contributed by atoms with Crippen LogP contribution in [0.5, 0.6) is 23.0 Å². The van der Waals surface area contributed by atoms with E-state index in [9.17, 15) is 0 Å². The van der Waals surface area contributed by atoms with Gasteiger partial charge in [-0.25, -0.2) is 0 Å². The van der Waals surface area contributed by atoms with Crippen molar-refractivity contribution in [2.45, 2.75) is 19.5 Å².